The average molecular weight is 351 g/mol. The lowest BCUT2D eigenvalue weighted by molar-refractivity contribution is 0.491. The van der Waals surface area contributed by atoms with Gasteiger partial charge in [-0.2, -0.15) is 0 Å². The van der Waals surface area contributed by atoms with Crippen LogP contribution in [0.5, 0.6) is 0 Å². The van der Waals surface area contributed by atoms with Crippen molar-refractivity contribution < 1.29 is 8.42 Å². The summed E-state index contributed by atoms with van der Waals surface area (Å²) in [4.78, 5) is 0.0270. The molecule has 21 heavy (non-hydrogen) atoms. The van der Waals surface area contributed by atoms with Crippen LogP contribution in [-0.4, -0.2) is 20.0 Å². The van der Waals surface area contributed by atoms with Gasteiger partial charge in [0.1, 0.15) is 4.90 Å². The summed E-state index contributed by atoms with van der Waals surface area (Å²) in [6, 6.07) is 3.60. The van der Waals surface area contributed by atoms with E-state index in [2.05, 4.69) is 10.0 Å². The molecule has 0 bridgehead atoms. The summed E-state index contributed by atoms with van der Waals surface area (Å²) < 4.78 is 27.5. The molecule has 2 N–H and O–H groups in total. The van der Waals surface area contributed by atoms with Crippen LogP contribution in [0.25, 0.3) is 0 Å². The zero-order valence-electron chi connectivity index (χ0n) is 12.3. The normalized spacial score (nSPS) is 16.2. The van der Waals surface area contributed by atoms with Gasteiger partial charge < -0.3 is 5.32 Å². The van der Waals surface area contributed by atoms with Crippen molar-refractivity contribution in [1.29, 1.82) is 0 Å². The molecule has 0 radical (unpaired) electrons. The summed E-state index contributed by atoms with van der Waals surface area (Å²) in [7, 11) is -3.71. The highest BCUT2D eigenvalue weighted by Gasteiger charge is 2.27. The predicted molar refractivity (Wildman–Crippen MR) is 86.4 cm³/mol. The number of rotatable bonds is 5. The molecule has 0 amide bonds. The second-order valence-corrected chi connectivity index (χ2v) is 8.85. The first-order chi connectivity index (χ1) is 9.58. The van der Waals surface area contributed by atoms with Crippen LogP contribution < -0.4 is 10.0 Å². The fraction of sp³-hybridized carbons (Fsp3) is 0.571. The van der Waals surface area contributed by atoms with Crippen molar-refractivity contribution in [3.8, 4) is 0 Å². The van der Waals surface area contributed by atoms with Gasteiger partial charge in [0.05, 0.1) is 5.02 Å². The largest absolute Gasteiger partial charge is 0.310 e. The van der Waals surface area contributed by atoms with Gasteiger partial charge in [0, 0.05) is 23.1 Å². The van der Waals surface area contributed by atoms with Gasteiger partial charge in [0.15, 0.2) is 0 Å². The summed E-state index contributed by atoms with van der Waals surface area (Å²) in [5, 5.41) is 3.90. The molecule has 0 unspecified atom stereocenters. The van der Waals surface area contributed by atoms with E-state index in [1.54, 1.807) is 26.8 Å². The van der Waals surface area contributed by atoms with Gasteiger partial charge in [-0.3, -0.25) is 0 Å². The Bertz CT molecular complexity index is 635. The standard InChI is InChI=1S/C14H20Cl2N2O2S/c1-14(2,3)18-21(19,20)12-7-10(15)6-9(13(12)16)8-17-11-4-5-11/h6-7,11,17-18H,4-5,8H2,1-3H3. The quantitative estimate of drug-likeness (QED) is 0.856. The van der Waals surface area contributed by atoms with E-state index in [1.165, 1.54) is 6.07 Å². The highest BCUT2D eigenvalue weighted by Crippen LogP contribution is 2.31. The van der Waals surface area contributed by atoms with E-state index < -0.39 is 15.6 Å². The molecule has 7 heteroatoms. The Kier molecular flexibility index (Phi) is 4.90. The Balaban J connectivity index is 2.33. The van der Waals surface area contributed by atoms with Crippen LogP contribution in [0, 0.1) is 0 Å². The molecule has 0 saturated heterocycles. The topological polar surface area (TPSA) is 58.2 Å². The second-order valence-electron chi connectivity index (χ2n) is 6.39. The number of hydrogen-bond donors (Lipinski definition) is 2. The molecule has 0 atom stereocenters. The Morgan fingerprint density at radius 1 is 1.24 bits per heavy atom. The molecule has 0 aromatic heterocycles. The van der Waals surface area contributed by atoms with Gasteiger partial charge in [-0.05, 0) is 51.3 Å². The van der Waals surface area contributed by atoms with Gasteiger partial charge in [-0.15, -0.1) is 0 Å². The molecule has 118 valence electrons. The first kappa shape index (κ1) is 17.0. The van der Waals surface area contributed by atoms with Crippen LogP contribution in [0.2, 0.25) is 10.0 Å². The summed E-state index contributed by atoms with van der Waals surface area (Å²) in [5.74, 6) is 0. The van der Waals surface area contributed by atoms with Crippen LogP contribution in [-0.2, 0) is 16.6 Å². The molecule has 0 aliphatic heterocycles. The number of nitrogens with one attached hydrogen (secondary N) is 2. The summed E-state index contributed by atoms with van der Waals surface area (Å²) in [6.45, 7) is 5.85. The van der Waals surface area contributed by atoms with Crippen molar-refractivity contribution in [3.05, 3.63) is 27.7 Å². The number of benzene rings is 1. The average Bonchev–Trinajstić information content (AvgIpc) is 3.10. The number of sulfonamides is 1. The maximum Gasteiger partial charge on any atom is 0.242 e. The second kappa shape index (κ2) is 6.05. The molecule has 1 aliphatic carbocycles. The van der Waals surface area contributed by atoms with Gasteiger partial charge in [-0.25, -0.2) is 13.1 Å². The maximum absolute atomic E-state index is 12.4. The molecular weight excluding hydrogens is 331 g/mol. The molecule has 1 saturated carbocycles. The summed E-state index contributed by atoms with van der Waals surface area (Å²) in [5.41, 5.74) is 0.113. The van der Waals surface area contributed by atoms with E-state index in [1.807, 2.05) is 0 Å². The molecule has 1 aromatic carbocycles. The zero-order chi connectivity index (χ0) is 15.8. The molecule has 0 spiro atoms. The summed E-state index contributed by atoms with van der Waals surface area (Å²) >= 11 is 12.3. The Hall–Kier alpha value is -0.330. The van der Waals surface area contributed by atoms with Crippen molar-refractivity contribution in [1.82, 2.24) is 10.0 Å². The predicted octanol–water partition coefficient (Wildman–Crippen LogP) is 3.32. The van der Waals surface area contributed by atoms with E-state index in [0.717, 1.165) is 12.8 Å². The fourth-order valence-corrected chi connectivity index (χ4v) is 4.29. The van der Waals surface area contributed by atoms with Crippen molar-refractivity contribution in [2.45, 2.75) is 56.6 Å². The smallest absolute Gasteiger partial charge is 0.242 e. The van der Waals surface area contributed by atoms with Gasteiger partial charge in [0.2, 0.25) is 10.0 Å². The van der Waals surface area contributed by atoms with Crippen LogP contribution >= 0.6 is 23.2 Å². The fourth-order valence-electron chi connectivity index (χ4n) is 1.94. The van der Waals surface area contributed by atoms with Crippen LogP contribution in [0.15, 0.2) is 17.0 Å². The lowest BCUT2D eigenvalue weighted by Crippen LogP contribution is -2.40. The lowest BCUT2D eigenvalue weighted by atomic mass is 10.1. The third-order valence-electron chi connectivity index (χ3n) is 2.97. The van der Waals surface area contributed by atoms with Crippen LogP contribution in [0.3, 0.4) is 0 Å². The lowest BCUT2D eigenvalue weighted by Gasteiger charge is -2.21. The van der Waals surface area contributed by atoms with Crippen LogP contribution in [0.4, 0.5) is 0 Å². The van der Waals surface area contributed by atoms with E-state index >= 15 is 0 Å². The van der Waals surface area contributed by atoms with E-state index in [-0.39, 0.29) is 9.92 Å². The minimum absolute atomic E-state index is 0.0270. The third kappa shape index (κ3) is 4.83. The molecule has 2 rings (SSSR count). The van der Waals surface area contributed by atoms with Crippen molar-refractivity contribution in [2.75, 3.05) is 0 Å². The van der Waals surface area contributed by atoms with E-state index in [9.17, 15) is 8.42 Å². The molecule has 1 aromatic rings. The Morgan fingerprint density at radius 3 is 2.38 bits per heavy atom. The Labute approximate surface area is 136 Å². The van der Waals surface area contributed by atoms with Crippen LogP contribution in [0.1, 0.15) is 39.2 Å². The molecule has 1 aliphatic rings. The Morgan fingerprint density at radius 2 is 1.86 bits per heavy atom. The van der Waals surface area contributed by atoms with Crippen molar-refractivity contribution in [2.24, 2.45) is 0 Å². The first-order valence-electron chi connectivity index (χ1n) is 6.84. The van der Waals surface area contributed by atoms with E-state index in [0.29, 0.717) is 23.2 Å². The zero-order valence-corrected chi connectivity index (χ0v) is 14.7. The molecule has 1 fully saturated rings. The minimum atomic E-state index is -3.71. The third-order valence-corrected chi connectivity index (χ3v) is 5.53. The maximum atomic E-state index is 12.4. The van der Waals surface area contributed by atoms with Crippen molar-refractivity contribution in [3.63, 3.8) is 0 Å². The number of hydrogen-bond acceptors (Lipinski definition) is 3. The monoisotopic (exact) mass is 350 g/mol. The van der Waals surface area contributed by atoms with Gasteiger partial charge in [-0.1, -0.05) is 23.2 Å². The highest BCUT2D eigenvalue weighted by molar-refractivity contribution is 7.89. The van der Waals surface area contributed by atoms with Gasteiger partial charge in [0.25, 0.3) is 0 Å². The number of halogens is 2. The molecule has 0 heterocycles. The molecular formula is C14H20Cl2N2O2S. The summed E-state index contributed by atoms with van der Waals surface area (Å²) in [6.07, 6.45) is 2.30. The van der Waals surface area contributed by atoms with Gasteiger partial charge >= 0.3 is 0 Å². The van der Waals surface area contributed by atoms with E-state index in [4.69, 9.17) is 23.2 Å². The highest BCUT2D eigenvalue weighted by atomic mass is 35.5. The molecule has 4 nitrogen and oxygen atoms in total. The van der Waals surface area contributed by atoms with Crippen molar-refractivity contribution >= 4 is 33.2 Å². The minimum Gasteiger partial charge on any atom is -0.310 e. The SMILES string of the molecule is CC(C)(C)NS(=O)(=O)c1cc(Cl)cc(CNC2CC2)c1Cl. The first-order valence-corrected chi connectivity index (χ1v) is 9.08.